The molecule has 0 fully saturated rings. The highest BCUT2D eigenvalue weighted by atomic mass is 19.1. The molecule has 0 spiro atoms. The molecule has 0 unspecified atom stereocenters. The molecule has 1 aliphatic rings. The number of hydrogen-bond acceptors (Lipinski definition) is 2. The van der Waals surface area contributed by atoms with E-state index in [1.54, 1.807) is 0 Å². The van der Waals surface area contributed by atoms with Crippen molar-refractivity contribution in [3.63, 3.8) is 0 Å². The monoisotopic (exact) mass is 276 g/mol. The van der Waals surface area contributed by atoms with Gasteiger partial charge in [-0.3, -0.25) is 10.2 Å². The van der Waals surface area contributed by atoms with Gasteiger partial charge in [-0.2, -0.15) is 0 Å². The molecule has 3 nitrogen and oxygen atoms in total. The molecule has 0 saturated heterocycles. The topological polar surface area (TPSA) is 41.1 Å². The number of rotatable bonds is 3. The van der Waals surface area contributed by atoms with Crippen LogP contribution in [0.5, 0.6) is 0 Å². The minimum Gasteiger partial charge on any atom is -0.303 e. The third-order valence-electron chi connectivity index (χ3n) is 3.45. The van der Waals surface area contributed by atoms with Crippen LogP contribution in [-0.4, -0.2) is 5.91 Å². The smallest absolute Gasteiger partial charge is 0.269 e. The number of hydrogen-bond donors (Lipinski definition) is 2. The van der Waals surface area contributed by atoms with E-state index in [9.17, 15) is 9.18 Å². The molecule has 1 amide bonds. The van der Waals surface area contributed by atoms with Gasteiger partial charge < -0.3 is 5.43 Å². The van der Waals surface area contributed by atoms with Gasteiger partial charge in [0.15, 0.2) is 0 Å². The van der Waals surface area contributed by atoms with Gasteiger partial charge in [0.2, 0.25) is 0 Å². The molecule has 4 heteroatoms. The molecule has 108 valence electrons. The lowest BCUT2D eigenvalue weighted by Crippen LogP contribution is -2.39. The van der Waals surface area contributed by atoms with E-state index in [1.165, 1.54) is 24.3 Å². The van der Waals surface area contributed by atoms with Gasteiger partial charge in [-0.15, -0.1) is 0 Å². The first-order chi connectivity index (χ1) is 9.35. The Kier molecular flexibility index (Phi) is 4.12. The summed E-state index contributed by atoms with van der Waals surface area (Å²) in [6.45, 7) is 6.58. The highest BCUT2D eigenvalue weighted by Gasteiger charge is 2.25. The van der Waals surface area contributed by atoms with Crippen molar-refractivity contribution in [1.29, 1.82) is 0 Å². The van der Waals surface area contributed by atoms with E-state index in [-0.39, 0.29) is 17.1 Å². The highest BCUT2D eigenvalue weighted by Crippen LogP contribution is 2.35. The summed E-state index contributed by atoms with van der Waals surface area (Å²) >= 11 is 0. The van der Waals surface area contributed by atoms with Crippen molar-refractivity contribution in [2.75, 3.05) is 0 Å². The predicted octanol–water partition coefficient (Wildman–Crippen LogP) is 3.40. The Hall–Kier alpha value is -1.84. The molecule has 0 saturated carbocycles. The summed E-state index contributed by atoms with van der Waals surface area (Å²) < 4.78 is 12.8. The first kappa shape index (κ1) is 14.6. The molecule has 0 radical (unpaired) electrons. The molecule has 0 heterocycles. The normalized spacial score (nSPS) is 21.0. The third-order valence-corrected chi connectivity index (χ3v) is 3.45. The number of carbonyl (C=O) groups is 1. The minimum atomic E-state index is -0.347. The number of carbonyl (C=O) groups excluding carboxylic acids is 1. The van der Waals surface area contributed by atoms with Crippen LogP contribution in [0.4, 0.5) is 4.39 Å². The zero-order valence-electron chi connectivity index (χ0n) is 12.2. The maximum atomic E-state index is 12.8. The second-order valence-electron chi connectivity index (χ2n) is 6.26. The van der Waals surface area contributed by atoms with E-state index in [1.807, 2.05) is 0 Å². The summed E-state index contributed by atoms with van der Waals surface area (Å²) in [5.41, 5.74) is 7.26. The molecule has 1 atom stereocenters. The molecule has 2 rings (SSSR count). The average molecular weight is 276 g/mol. The number of hydrazine groups is 1. The zero-order chi connectivity index (χ0) is 14.8. The third kappa shape index (κ3) is 3.83. The maximum Gasteiger partial charge on any atom is 0.269 e. The van der Waals surface area contributed by atoms with Gasteiger partial charge in [-0.05, 0) is 48.4 Å². The summed E-state index contributed by atoms with van der Waals surface area (Å²) in [5, 5.41) is 0. The lowest BCUT2D eigenvalue weighted by molar-refractivity contribution is 0.0936. The zero-order valence-corrected chi connectivity index (χ0v) is 12.2. The molecule has 1 aromatic carbocycles. The van der Waals surface area contributed by atoms with Crippen LogP contribution in [-0.2, 0) is 0 Å². The Morgan fingerprint density at radius 1 is 1.30 bits per heavy atom. The van der Waals surface area contributed by atoms with Crippen LogP contribution in [0.3, 0.4) is 0 Å². The largest absolute Gasteiger partial charge is 0.303 e. The lowest BCUT2D eigenvalue weighted by Gasteiger charge is -2.32. The SMILES string of the molecule is C[C@H]1CC(NNC(=O)c2ccc(F)cc2)=CC(C)(C)C1. The lowest BCUT2D eigenvalue weighted by atomic mass is 9.76. The molecular weight excluding hydrogens is 255 g/mol. The Morgan fingerprint density at radius 3 is 2.55 bits per heavy atom. The van der Waals surface area contributed by atoms with Gasteiger partial charge in [0.25, 0.3) is 5.91 Å². The van der Waals surface area contributed by atoms with Crippen LogP contribution in [0.25, 0.3) is 0 Å². The van der Waals surface area contributed by atoms with Crippen molar-refractivity contribution >= 4 is 5.91 Å². The Labute approximate surface area is 119 Å². The molecule has 20 heavy (non-hydrogen) atoms. The van der Waals surface area contributed by atoms with E-state index in [4.69, 9.17) is 0 Å². The van der Waals surface area contributed by atoms with Gasteiger partial charge in [0.05, 0.1) is 0 Å². The van der Waals surface area contributed by atoms with Gasteiger partial charge in [0.1, 0.15) is 5.82 Å². The van der Waals surface area contributed by atoms with E-state index >= 15 is 0 Å². The van der Waals surface area contributed by atoms with E-state index in [0.29, 0.717) is 11.5 Å². The maximum absolute atomic E-state index is 12.8. The molecular formula is C16H21FN2O. The summed E-state index contributed by atoms with van der Waals surface area (Å²) in [6, 6.07) is 5.49. The Bertz CT molecular complexity index is 520. The molecule has 1 aromatic rings. The van der Waals surface area contributed by atoms with Crippen LogP contribution in [0.1, 0.15) is 44.0 Å². The second kappa shape index (κ2) is 5.65. The van der Waals surface area contributed by atoms with Crippen LogP contribution in [0.15, 0.2) is 36.0 Å². The van der Waals surface area contributed by atoms with Crippen molar-refractivity contribution in [2.45, 2.75) is 33.6 Å². The standard InChI is InChI=1S/C16H21FN2O/c1-11-8-14(10-16(2,3)9-11)18-19-15(20)12-4-6-13(17)7-5-12/h4-7,10-11,18H,8-9H2,1-3H3,(H,19,20)/t11-/m0/s1. The first-order valence-corrected chi connectivity index (χ1v) is 6.89. The van der Waals surface area contributed by atoms with Gasteiger partial charge in [-0.25, -0.2) is 4.39 Å². The molecule has 1 aliphatic carbocycles. The summed E-state index contributed by atoms with van der Waals surface area (Å²) in [5.74, 6) is -0.0257. The Morgan fingerprint density at radius 2 is 1.95 bits per heavy atom. The van der Waals surface area contributed by atoms with Crippen LogP contribution < -0.4 is 10.9 Å². The fraction of sp³-hybridized carbons (Fsp3) is 0.438. The average Bonchev–Trinajstić information content (AvgIpc) is 2.34. The van der Waals surface area contributed by atoms with E-state index in [2.05, 4.69) is 37.7 Å². The van der Waals surface area contributed by atoms with Crippen LogP contribution >= 0.6 is 0 Å². The fourth-order valence-corrected chi connectivity index (χ4v) is 2.83. The van der Waals surface area contributed by atoms with E-state index in [0.717, 1.165) is 18.5 Å². The first-order valence-electron chi connectivity index (χ1n) is 6.89. The van der Waals surface area contributed by atoms with E-state index < -0.39 is 0 Å². The number of allylic oxidation sites excluding steroid dienone is 2. The highest BCUT2D eigenvalue weighted by molar-refractivity contribution is 5.93. The molecule has 0 bridgehead atoms. The number of nitrogens with one attached hydrogen (secondary N) is 2. The second-order valence-corrected chi connectivity index (χ2v) is 6.26. The fourth-order valence-electron chi connectivity index (χ4n) is 2.83. The van der Waals surface area contributed by atoms with Crippen molar-refractivity contribution in [1.82, 2.24) is 10.9 Å². The minimum absolute atomic E-state index is 0.139. The Balaban J connectivity index is 1.96. The van der Waals surface area contributed by atoms with Gasteiger partial charge >= 0.3 is 0 Å². The van der Waals surface area contributed by atoms with Crippen LogP contribution in [0, 0.1) is 17.2 Å². The summed E-state index contributed by atoms with van der Waals surface area (Å²) in [7, 11) is 0. The number of benzene rings is 1. The summed E-state index contributed by atoms with van der Waals surface area (Å²) in [4.78, 5) is 11.9. The van der Waals surface area contributed by atoms with Crippen molar-refractivity contribution < 1.29 is 9.18 Å². The van der Waals surface area contributed by atoms with Gasteiger partial charge in [0, 0.05) is 11.3 Å². The van der Waals surface area contributed by atoms with Gasteiger partial charge in [-0.1, -0.05) is 26.8 Å². The number of amides is 1. The molecule has 0 aromatic heterocycles. The molecule has 2 N–H and O–H groups in total. The van der Waals surface area contributed by atoms with Crippen molar-refractivity contribution in [3.8, 4) is 0 Å². The number of halogens is 1. The predicted molar refractivity (Wildman–Crippen MR) is 77.3 cm³/mol. The summed E-state index contributed by atoms with van der Waals surface area (Å²) in [6.07, 6.45) is 4.23. The quantitative estimate of drug-likeness (QED) is 0.831. The van der Waals surface area contributed by atoms with Crippen molar-refractivity contribution in [3.05, 3.63) is 47.4 Å². The molecule has 0 aliphatic heterocycles. The van der Waals surface area contributed by atoms with Crippen LogP contribution in [0.2, 0.25) is 0 Å². The van der Waals surface area contributed by atoms with Crippen molar-refractivity contribution in [2.24, 2.45) is 11.3 Å².